The highest BCUT2D eigenvalue weighted by Gasteiger charge is 2.10. The zero-order chi connectivity index (χ0) is 10.1. The fourth-order valence-electron chi connectivity index (χ4n) is 1.29. The summed E-state index contributed by atoms with van der Waals surface area (Å²) >= 11 is 1.64. The van der Waals surface area contributed by atoms with Crippen molar-refractivity contribution in [1.82, 2.24) is 9.78 Å². The van der Waals surface area contributed by atoms with Crippen LogP contribution in [0.15, 0.2) is 23.6 Å². The highest BCUT2D eigenvalue weighted by molar-refractivity contribution is 7.13. The van der Waals surface area contributed by atoms with Gasteiger partial charge in [-0.05, 0) is 17.5 Å². The first kappa shape index (κ1) is 9.15. The molecule has 0 saturated carbocycles. The SMILES string of the molecule is CC(=O)c1cc(-c2cccs2)n(C)n1. The summed E-state index contributed by atoms with van der Waals surface area (Å²) in [5.74, 6) is 0.00315. The molecule has 0 N–H and O–H groups in total. The van der Waals surface area contributed by atoms with E-state index in [0.29, 0.717) is 5.69 Å². The van der Waals surface area contributed by atoms with Gasteiger partial charge in [-0.25, -0.2) is 0 Å². The van der Waals surface area contributed by atoms with Crippen molar-refractivity contribution in [2.45, 2.75) is 6.92 Å². The second-order valence-corrected chi connectivity index (χ2v) is 4.02. The van der Waals surface area contributed by atoms with Crippen LogP contribution in [0, 0.1) is 0 Å². The normalized spacial score (nSPS) is 10.4. The number of hydrogen-bond acceptors (Lipinski definition) is 3. The minimum Gasteiger partial charge on any atom is -0.293 e. The first-order chi connectivity index (χ1) is 6.68. The van der Waals surface area contributed by atoms with E-state index in [1.165, 1.54) is 6.92 Å². The van der Waals surface area contributed by atoms with E-state index in [0.717, 1.165) is 10.6 Å². The van der Waals surface area contributed by atoms with Crippen molar-refractivity contribution in [2.75, 3.05) is 0 Å². The Bertz CT molecular complexity index is 456. The molecule has 14 heavy (non-hydrogen) atoms. The number of ketones is 1. The van der Waals surface area contributed by atoms with Crippen molar-refractivity contribution in [2.24, 2.45) is 7.05 Å². The highest BCUT2D eigenvalue weighted by Crippen LogP contribution is 2.24. The zero-order valence-corrected chi connectivity index (χ0v) is 8.84. The van der Waals surface area contributed by atoms with E-state index in [4.69, 9.17) is 0 Å². The molecule has 0 radical (unpaired) electrons. The molecule has 0 aromatic carbocycles. The number of thiophene rings is 1. The molecule has 0 spiro atoms. The molecule has 0 aliphatic carbocycles. The number of rotatable bonds is 2. The average molecular weight is 206 g/mol. The third-order valence-corrected chi connectivity index (χ3v) is 2.91. The monoisotopic (exact) mass is 206 g/mol. The lowest BCUT2D eigenvalue weighted by Gasteiger charge is -1.95. The Balaban J connectivity index is 2.50. The van der Waals surface area contributed by atoms with Gasteiger partial charge in [0.05, 0.1) is 10.6 Å². The van der Waals surface area contributed by atoms with Crippen LogP contribution in [-0.4, -0.2) is 15.6 Å². The van der Waals surface area contributed by atoms with Crippen molar-refractivity contribution in [3.8, 4) is 10.6 Å². The summed E-state index contributed by atoms with van der Waals surface area (Å²) < 4.78 is 1.74. The van der Waals surface area contributed by atoms with Crippen LogP contribution >= 0.6 is 11.3 Å². The third kappa shape index (κ3) is 1.48. The molecule has 3 nitrogen and oxygen atoms in total. The molecule has 0 aliphatic heterocycles. The molecule has 2 rings (SSSR count). The lowest BCUT2D eigenvalue weighted by Crippen LogP contribution is -1.96. The van der Waals surface area contributed by atoms with Crippen molar-refractivity contribution < 1.29 is 4.79 Å². The van der Waals surface area contributed by atoms with Crippen LogP contribution in [-0.2, 0) is 7.05 Å². The second-order valence-electron chi connectivity index (χ2n) is 3.07. The van der Waals surface area contributed by atoms with E-state index in [1.807, 2.05) is 30.6 Å². The van der Waals surface area contributed by atoms with Gasteiger partial charge >= 0.3 is 0 Å². The molecular formula is C10H10N2OS. The van der Waals surface area contributed by atoms with Crippen molar-refractivity contribution in [3.05, 3.63) is 29.3 Å². The van der Waals surface area contributed by atoms with Crippen LogP contribution in [0.1, 0.15) is 17.4 Å². The first-order valence-corrected chi connectivity index (χ1v) is 5.15. The number of aryl methyl sites for hydroxylation is 1. The number of carbonyl (C=O) groups excluding carboxylic acids is 1. The minimum absolute atomic E-state index is 0.00315. The van der Waals surface area contributed by atoms with Gasteiger partial charge < -0.3 is 0 Å². The number of nitrogens with zero attached hydrogens (tertiary/aromatic N) is 2. The molecule has 0 aliphatic rings. The maximum atomic E-state index is 11.1. The van der Waals surface area contributed by atoms with E-state index < -0.39 is 0 Å². The molecule has 0 fully saturated rings. The van der Waals surface area contributed by atoms with Crippen LogP contribution in [0.3, 0.4) is 0 Å². The van der Waals surface area contributed by atoms with Gasteiger partial charge in [0.15, 0.2) is 5.78 Å². The smallest absolute Gasteiger partial charge is 0.180 e. The summed E-state index contributed by atoms with van der Waals surface area (Å²) in [6.07, 6.45) is 0. The summed E-state index contributed by atoms with van der Waals surface area (Å²) in [5.41, 5.74) is 1.51. The second kappa shape index (κ2) is 3.38. The highest BCUT2D eigenvalue weighted by atomic mass is 32.1. The Morgan fingerprint density at radius 3 is 2.86 bits per heavy atom. The van der Waals surface area contributed by atoms with Gasteiger partial charge in [-0.3, -0.25) is 9.48 Å². The van der Waals surface area contributed by atoms with Gasteiger partial charge in [0.1, 0.15) is 5.69 Å². The molecule has 0 bridgehead atoms. The van der Waals surface area contributed by atoms with Gasteiger partial charge in [-0.15, -0.1) is 11.3 Å². The molecule has 2 aromatic rings. The number of aromatic nitrogens is 2. The molecule has 72 valence electrons. The summed E-state index contributed by atoms with van der Waals surface area (Å²) in [4.78, 5) is 12.2. The van der Waals surface area contributed by atoms with Gasteiger partial charge in [-0.1, -0.05) is 6.07 Å². The van der Waals surface area contributed by atoms with Crippen molar-refractivity contribution >= 4 is 17.1 Å². The van der Waals surface area contributed by atoms with Crippen LogP contribution < -0.4 is 0 Å². The van der Waals surface area contributed by atoms with E-state index in [9.17, 15) is 4.79 Å². The van der Waals surface area contributed by atoms with E-state index in [-0.39, 0.29) is 5.78 Å². The Morgan fingerprint density at radius 1 is 1.57 bits per heavy atom. The Labute approximate surface area is 86.0 Å². The minimum atomic E-state index is 0.00315. The van der Waals surface area contributed by atoms with Crippen LogP contribution in [0.25, 0.3) is 10.6 Å². The number of hydrogen-bond donors (Lipinski definition) is 0. The summed E-state index contributed by atoms with van der Waals surface area (Å²) in [6.45, 7) is 1.53. The van der Waals surface area contributed by atoms with Crippen molar-refractivity contribution in [1.29, 1.82) is 0 Å². The third-order valence-electron chi connectivity index (χ3n) is 2.01. The predicted octanol–water partition coefficient (Wildman–Crippen LogP) is 2.35. The fourth-order valence-corrected chi connectivity index (χ4v) is 2.07. The summed E-state index contributed by atoms with van der Waals surface area (Å²) in [6, 6.07) is 5.83. The molecule has 0 saturated heterocycles. The van der Waals surface area contributed by atoms with E-state index in [1.54, 1.807) is 16.0 Å². The standard InChI is InChI=1S/C10H10N2OS/c1-7(13)8-6-9(12(2)11-8)10-4-3-5-14-10/h3-6H,1-2H3. The largest absolute Gasteiger partial charge is 0.293 e. The van der Waals surface area contributed by atoms with Gasteiger partial charge in [-0.2, -0.15) is 5.10 Å². The summed E-state index contributed by atoms with van der Waals surface area (Å²) in [5, 5.41) is 6.15. The van der Waals surface area contributed by atoms with Crippen LogP contribution in [0.2, 0.25) is 0 Å². The van der Waals surface area contributed by atoms with Crippen LogP contribution in [0.4, 0.5) is 0 Å². The lowest BCUT2D eigenvalue weighted by atomic mass is 10.2. The van der Waals surface area contributed by atoms with Gasteiger partial charge in [0, 0.05) is 14.0 Å². The molecule has 0 unspecified atom stereocenters. The van der Waals surface area contributed by atoms with E-state index >= 15 is 0 Å². The number of Topliss-reactive ketones (excluding diaryl/α,β-unsaturated/α-hetero) is 1. The van der Waals surface area contributed by atoms with Gasteiger partial charge in [0.2, 0.25) is 0 Å². The first-order valence-electron chi connectivity index (χ1n) is 4.27. The maximum absolute atomic E-state index is 11.1. The molecule has 2 aromatic heterocycles. The summed E-state index contributed by atoms with van der Waals surface area (Å²) in [7, 11) is 1.85. The molecule has 0 amide bonds. The lowest BCUT2D eigenvalue weighted by molar-refractivity contribution is 0.101. The predicted molar refractivity (Wildman–Crippen MR) is 56.5 cm³/mol. The van der Waals surface area contributed by atoms with E-state index in [2.05, 4.69) is 5.10 Å². The Hall–Kier alpha value is -1.42. The number of carbonyl (C=O) groups is 1. The van der Waals surface area contributed by atoms with Crippen LogP contribution in [0.5, 0.6) is 0 Å². The van der Waals surface area contributed by atoms with Gasteiger partial charge in [0.25, 0.3) is 0 Å². The quantitative estimate of drug-likeness (QED) is 0.707. The molecular weight excluding hydrogens is 196 g/mol. The fraction of sp³-hybridized carbons (Fsp3) is 0.200. The van der Waals surface area contributed by atoms with Crippen molar-refractivity contribution in [3.63, 3.8) is 0 Å². The average Bonchev–Trinajstić information content (AvgIpc) is 2.71. The maximum Gasteiger partial charge on any atom is 0.180 e. The Kier molecular flexibility index (Phi) is 2.21. The topological polar surface area (TPSA) is 34.9 Å². The molecule has 0 atom stereocenters. The molecule has 4 heteroatoms. The zero-order valence-electron chi connectivity index (χ0n) is 8.02. The molecule has 2 heterocycles. The Morgan fingerprint density at radius 2 is 2.36 bits per heavy atom.